The van der Waals surface area contributed by atoms with Crippen molar-refractivity contribution in [2.45, 2.75) is 32.0 Å². The Morgan fingerprint density at radius 1 is 1.21 bits per heavy atom. The van der Waals surface area contributed by atoms with Gasteiger partial charge in [-0.2, -0.15) is 11.8 Å². The number of carbonyl (C=O) groups is 3. The van der Waals surface area contributed by atoms with Crippen molar-refractivity contribution < 1.29 is 24.2 Å². The van der Waals surface area contributed by atoms with Gasteiger partial charge < -0.3 is 20.5 Å². The molecule has 0 saturated carbocycles. The van der Waals surface area contributed by atoms with Gasteiger partial charge in [0.15, 0.2) is 0 Å². The van der Waals surface area contributed by atoms with E-state index in [-0.39, 0.29) is 6.61 Å². The number of thioether (sulfide) groups is 1. The molecule has 3 N–H and O–H groups in total. The zero-order chi connectivity index (χ0) is 17.9. The Bertz CT molecular complexity index is 553. The number of benzene rings is 1. The van der Waals surface area contributed by atoms with Gasteiger partial charge in [0.05, 0.1) is 0 Å². The molecular weight excluding hydrogens is 332 g/mol. The SMILES string of the molecule is CSCC[C@H](NC(=O)OCc1ccccc1)C(=O)N[C@@H](C)C(=O)O. The largest absolute Gasteiger partial charge is 0.480 e. The predicted molar refractivity (Wildman–Crippen MR) is 91.8 cm³/mol. The lowest BCUT2D eigenvalue weighted by Crippen LogP contribution is -2.51. The maximum atomic E-state index is 12.1. The Morgan fingerprint density at radius 2 is 1.88 bits per heavy atom. The molecule has 1 aromatic carbocycles. The predicted octanol–water partition coefficient (Wildman–Crippen LogP) is 1.62. The Morgan fingerprint density at radius 3 is 2.46 bits per heavy atom. The number of carboxylic acid groups (broad SMARTS) is 1. The number of alkyl carbamates (subject to hydrolysis) is 1. The summed E-state index contributed by atoms with van der Waals surface area (Å²) in [6.45, 7) is 1.45. The highest BCUT2D eigenvalue weighted by atomic mass is 32.2. The monoisotopic (exact) mass is 354 g/mol. The molecular formula is C16H22N2O5S. The minimum atomic E-state index is -1.14. The maximum Gasteiger partial charge on any atom is 0.408 e. The number of carboxylic acids is 1. The topological polar surface area (TPSA) is 105 Å². The van der Waals surface area contributed by atoms with Crippen LogP contribution in [-0.4, -0.2) is 47.2 Å². The molecule has 0 bridgehead atoms. The fraction of sp³-hybridized carbons (Fsp3) is 0.438. The highest BCUT2D eigenvalue weighted by molar-refractivity contribution is 7.98. The molecule has 0 heterocycles. The van der Waals surface area contributed by atoms with Crippen molar-refractivity contribution in [1.29, 1.82) is 0 Å². The van der Waals surface area contributed by atoms with Crippen LogP contribution in [0.15, 0.2) is 30.3 Å². The molecule has 2 atom stereocenters. The Labute approximate surface area is 145 Å². The molecule has 0 aliphatic heterocycles. The van der Waals surface area contributed by atoms with Crippen LogP contribution in [-0.2, 0) is 20.9 Å². The van der Waals surface area contributed by atoms with Crippen molar-refractivity contribution in [3.05, 3.63) is 35.9 Å². The third kappa shape index (κ3) is 7.36. The summed E-state index contributed by atoms with van der Waals surface area (Å²) in [5.41, 5.74) is 0.831. The van der Waals surface area contributed by atoms with Gasteiger partial charge in [0.25, 0.3) is 0 Å². The van der Waals surface area contributed by atoms with Crippen LogP contribution in [0.4, 0.5) is 4.79 Å². The fourth-order valence-corrected chi connectivity index (χ4v) is 2.26. The van der Waals surface area contributed by atoms with Crippen molar-refractivity contribution in [2.24, 2.45) is 0 Å². The van der Waals surface area contributed by atoms with E-state index < -0.39 is 30.1 Å². The lowest BCUT2D eigenvalue weighted by Gasteiger charge is -2.19. The number of hydrogen-bond donors (Lipinski definition) is 3. The standard InChI is InChI=1S/C16H22N2O5S/c1-11(15(20)21)17-14(19)13(8-9-24-2)18-16(22)23-10-12-6-4-3-5-7-12/h3-7,11,13H,8-10H2,1-2H3,(H,17,19)(H,18,22)(H,20,21)/t11-,13-/m0/s1. The van der Waals surface area contributed by atoms with Crippen LogP contribution in [0.2, 0.25) is 0 Å². The van der Waals surface area contributed by atoms with Gasteiger partial charge in [-0.15, -0.1) is 0 Å². The molecule has 8 heteroatoms. The first-order chi connectivity index (χ1) is 11.4. The summed E-state index contributed by atoms with van der Waals surface area (Å²) < 4.78 is 5.09. The van der Waals surface area contributed by atoms with Crippen LogP contribution in [0.25, 0.3) is 0 Å². The Hall–Kier alpha value is -2.22. The molecule has 0 aromatic heterocycles. The highest BCUT2D eigenvalue weighted by Crippen LogP contribution is 2.04. The summed E-state index contributed by atoms with van der Waals surface area (Å²) in [5, 5.41) is 13.7. The number of carbonyl (C=O) groups excluding carboxylic acids is 2. The Kier molecular flexibility index (Phi) is 8.70. The minimum absolute atomic E-state index is 0.0923. The molecule has 0 aliphatic rings. The van der Waals surface area contributed by atoms with Gasteiger partial charge in [-0.3, -0.25) is 9.59 Å². The molecule has 7 nitrogen and oxygen atoms in total. The second kappa shape index (κ2) is 10.5. The van der Waals surface area contributed by atoms with Crippen molar-refractivity contribution >= 4 is 29.7 Å². The first-order valence-electron chi connectivity index (χ1n) is 7.43. The average Bonchev–Trinajstić information content (AvgIpc) is 2.57. The molecule has 0 fully saturated rings. The molecule has 24 heavy (non-hydrogen) atoms. The first-order valence-corrected chi connectivity index (χ1v) is 8.82. The van der Waals surface area contributed by atoms with Crippen molar-refractivity contribution in [2.75, 3.05) is 12.0 Å². The van der Waals surface area contributed by atoms with E-state index >= 15 is 0 Å². The zero-order valence-corrected chi connectivity index (χ0v) is 14.5. The lowest BCUT2D eigenvalue weighted by atomic mass is 10.2. The quantitative estimate of drug-likeness (QED) is 0.622. The second-order valence-corrected chi connectivity index (χ2v) is 6.09. The highest BCUT2D eigenvalue weighted by Gasteiger charge is 2.24. The average molecular weight is 354 g/mol. The van der Waals surface area contributed by atoms with Crippen LogP contribution in [0.5, 0.6) is 0 Å². The van der Waals surface area contributed by atoms with Gasteiger partial charge in [0.1, 0.15) is 18.7 Å². The normalized spacial score (nSPS) is 12.8. The van der Waals surface area contributed by atoms with Gasteiger partial charge in [-0.1, -0.05) is 30.3 Å². The summed E-state index contributed by atoms with van der Waals surface area (Å²) in [5.74, 6) is -1.05. The van der Waals surface area contributed by atoms with Gasteiger partial charge in [0.2, 0.25) is 5.91 Å². The third-order valence-corrected chi connectivity index (χ3v) is 3.81. The van der Waals surface area contributed by atoms with Crippen molar-refractivity contribution in [1.82, 2.24) is 10.6 Å². The second-order valence-electron chi connectivity index (χ2n) is 5.11. The van der Waals surface area contributed by atoms with E-state index in [1.165, 1.54) is 18.7 Å². The first kappa shape index (κ1) is 19.8. The zero-order valence-electron chi connectivity index (χ0n) is 13.7. The number of aliphatic carboxylic acids is 1. The summed E-state index contributed by atoms with van der Waals surface area (Å²) in [6, 6.07) is 7.28. The van der Waals surface area contributed by atoms with Gasteiger partial charge in [-0.25, -0.2) is 4.79 Å². The molecule has 0 saturated heterocycles. The number of nitrogens with one attached hydrogen (secondary N) is 2. The van der Waals surface area contributed by atoms with E-state index in [0.29, 0.717) is 12.2 Å². The third-order valence-electron chi connectivity index (χ3n) is 3.16. The molecule has 1 aromatic rings. The summed E-state index contributed by atoms with van der Waals surface area (Å²) in [6.07, 6.45) is 1.53. The Balaban J connectivity index is 2.55. The van der Waals surface area contributed by atoms with Crippen LogP contribution in [0, 0.1) is 0 Å². The van der Waals surface area contributed by atoms with Gasteiger partial charge in [-0.05, 0) is 30.9 Å². The number of amides is 2. The van der Waals surface area contributed by atoms with Gasteiger partial charge in [0, 0.05) is 0 Å². The van der Waals surface area contributed by atoms with E-state index in [4.69, 9.17) is 9.84 Å². The van der Waals surface area contributed by atoms with Crippen LogP contribution >= 0.6 is 11.8 Å². The van der Waals surface area contributed by atoms with Crippen molar-refractivity contribution in [3.63, 3.8) is 0 Å². The van der Waals surface area contributed by atoms with Crippen LogP contribution < -0.4 is 10.6 Å². The van der Waals surface area contributed by atoms with Gasteiger partial charge >= 0.3 is 12.1 Å². The van der Waals surface area contributed by atoms with Crippen LogP contribution in [0.1, 0.15) is 18.9 Å². The van der Waals surface area contributed by atoms with Crippen LogP contribution in [0.3, 0.4) is 0 Å². The minimum Gasteiger partial charge on any atom is -0.480 e. The van der Waals surface area contributed by atoms with E-state index in [2.05, 4.69) is 10.6 Å². The smallest absolute Gasteiger partial charge is 0.408 e. The molecule has 2 amide bonds. The summed E-state index contributed by atoms with van der Waals surface area (Å²) in [4.78, 5) is 34.8. The van der Waals surface area contributed by atoms with E-state index in [1.54, 1.807) is 0 Å². The molecule has 1 rings (SSSR count). The maximum absolute atomic E-state index is 12.1. The van der Waals surface area contributed by atoms with E-state index in [9.17, 15) is 14.4 Å². The fourth-order valence-electron chi connectivity index (χ4n) is 1.79. The molecule has 132 valence electrons. The van der Waals surface area contributed by atoms with E-state index in [1.807, 2.05) is 36.6 Å². The number of rotatable bonds is 9. The molecule has 0 unspecified atom stereocenters. The van der Waals surface area contributed by atoms with Crippen molar-refractivity contribution in [3.8, 4) is 0 Å². The number of hydrogen-bond acceptors (Lipinski definition) is 5. The van der Waals surface area contributed by atoms with E-state index in [0.717, 1.165) is 5.56 Å². The molecule has 0 radical (unpaired) electrons. The summed E-state index contributed by atoms with van der Waals surface area (Å²) >= 11 is 1.52. The lowest BCUT2D eigenvalue weighted by molar-refractivity contribution is -0.141. The number of ether oxygens (including phenoxy) is 1. The molecule has 0 spiro atoms. The molecule has 0 aliphatic carbocycles. The summed E-state index contributed by atoms with van der Waals surface area (Å²) in [7, 11) is 0.